The zero-order valence-corrected chi connectivity index (χ0v) is 34.8. The highest BCUT2D eigenvalue weighted by Gasteiger charge is 2.42. The van der Waals surface area contributed by atoms with E-state index in [0.717, 1.165) is 44.9 Å². The second-order valence-corrected chi connectivity index (χ2v) is 15.9. The minimum atomic E-state index is -1.11. The molecule has 5 unspecified atom stereocenters. The van der Waals surface area contributed by atoms with Gasteiger partial charge in [0.05, 0.1) is 24.0 Å². The number of hydrogen-bond acceptors (Lipinski definition) is 10. The van der Waals surface area contributed by atoms with Crippen LogP contribution in [-0.2, 0) is 43.0 Å². The molecule has 5 atom stereocenters. The number of rotatable bonds is 27. The largest absolute Gasteiger partial charge is 0.493 e. The maximum absolute atomic E-state index is 13.9. The number of likely N-dealkylation sites (tertiary alicyclic amines) is 1. The van der Waals surface area contributed by atoms with Crippen LogP contribution in [0.4, 0.5) is 0 Å². The number of hydrogen-bond donors (Lipinski definition) is 0. The van der Waals surface area contributed by atoms with Gasteiger partial charge in [0, 0.05) is 31.8 Å². The van der Waals surface area contributed by atoms with E-state index in [2.05, 4.69) is 13.8 Å². The smallest absolute Gasteiger partial charge is 0.316 e. The molecule has 1 saturated heterocycles. The molecule has 0 N–H and O–H groups in total. The summed E-state index contributed by atoms with van der Waals surface area (Å²) in [6, 6.07) is 8.88. The summed E-state index contributed by atoms with van der Waals surface area (Å²) < 4.78 is 22.5. The third-order valence-electron chi connectivity index (χ3n) is 11.3. The number of nitrogens with zero attached hydrogens (tertiary/aromatic N) is 1. The van der Waals surface area contributed by atoms with Crippen molar-refractivity contribution in [3.05, 3.63) is 30.3 Å². The third-order valence-corrected chi connectivity index (χ3v) is 11.3. The molecule has 55 heavy (non-hydrogen) atoms. The van der Waals surface area contributed by atoms with Crippen molar-refractivity contribution in [3.63, 3.8) is 0 Å². The number of carbonyl (C=O) groups is 6. The molecule has 0 aliphatic carbocycles. The summed E-state index contributed by atoms with van der Waals surface area (Å²) >= 11 is 0. The van der Waals surface area contributed by atoms with Crippen molar-refractivity contribution in [2.75, 3.05) is 33.0 Å². The van der Waals surface area contributed by atoms with Crippen LogP contribution in [0, 0.1) is 22.7 Å². The van der Waals surface area contributed by atoms with E-state index in [9.17, 15) is 28.8 Å². The fourth-order valence-electron chi connectivity index (χ4n) is 7.03. The summed E-state index contributed by atoms with van der Waals surface area (Å²) in [6.45, 7) is 13.8. The highest BCUT2D eigenvalue weighted by Crippen LogP contribution is 2.39. The van der Waals surface area contributed by atoms with Gasteiger partial charge in [0.1, 0.15) is 36.4 Å². The molecule has 0 spiro atoms. The minimum absolute atomic E-state index is 0.0137. The minimum Gasteiger partial charge on any atom is -0.493 e. The van der Waals surface area contributed by atoms with Gasteiger partial charge in [-0.2, -0.15) is 0 Å². The molecular weight excluding hydrogens is 702 g/mol. The monoisotopic (exact) mass is 771 g/mol. The van der Waals surface area contributed by atoms with E-state index in [1.807, 2.05) is 50.8 Å². The first-order valence-electron chi connectivity index (χ1n) is 20.7. The van der Waals surface area contributed by atoms with Crippen LogP contribution >= 0.6 is 0 Å². The first-order chi connectivity index (χ1) is 26.2. The van der Waals surface area contributed by atoms with Gasteiger partial charge >= 0.3 is 17.9 Å². The Bertz CT molecular complexity index is 1370. The molecule has 1 aromatic carbocycles. The molecule has 2 rings (SSSR count). The maximum Gasteiger partial charge on any atom is 0.316 e. The summed E-state index contributed by atoms with van der Waals surface area (Å²) in [5, 5.41) is 0. The second kappa shape index (κ2) is 24.7. The average Bonchev–Trinajstić information content (AvgIpc) is 3.39. The molecule has 1 aliphatic rings. The van der Waals surface area contributed by atoms with Gasteiger partial charge in [-0.1, -0.05) is 64.7 Å². The number of benzene rings is 1. The van der Waals surface area contributed by atoms with Gasteiger partial charge in [-0.05, 0) is 97.1 Å². The topological polar surface area (TPSA) is 143 Å². The highest BCUT2D eigenvalue weighted by molar-refractivity contribution is 5.98. The van der Waals surface area contributed by atoms with Gasteiger partial charge in [0.25, 0.3) is 0 Å². The Kier molecular flexibility index (Phi) is 21.3. The molecule has 1 heterocycles. The Balaban J connectivity index is 2.03. The number of esters is 3. The Hall–Kier alpha value is -3.76. The standard InChI is InChI=1S/C44H69NO10/c1-8-11-18-35(9-2)32-55-41(50)43(6,10-3)25-26-44(7,31-33(4)45-27-17-13-16-21-39(45)48)42(51)54-30-29-53-40(49)38(34(5)46)23-22-36(47)24-28-52-37-19-14-12-15-20-37/h12,14-15,19-20,33,35,38H,8-11,13,16-18,21-32H2,1-7H3. The molecule has 1 fully saturated rings. The number of carbonyl (C=O) groups excluding carboxylic acids is 6. The molecule has 11 heteroatoms. The average molecular weight is 772 g/mol. The van der Waals surface area contributed by atoms with Crippen LogP contribution in [0.3, 0.4) is 0 Å². The van der Waals surface area contributed by atoms with Gasteiger partial charge < -0.3 is 23.8 Å². The molecule has 11 nitrogen and oxygen atoms in total. The zero-order valence-electron chi connectivity index (χ0n) is 34.8. The van der Waals surface area contributed by atoms with E-state index in [1.54, 1.807) is 12.1 Å². The molecule has 1 aliphatic heterocycles. The van der Waals surface area contributed by atoms with Gasteiger partial charge in [-0.15, -0.1) is 0 Å². The Morgan fingerprint density at radius 3 is 2.15 bits per heavy atom. The highest BCUT2D eigenvalue weighted by atomic mass is 16.6. The summed E-state index contributed by atoms with van der Waals surface area (Å²) in [6.07, 6.45) is 9.06. The van der Waals surface area contributed by atoms with Crippen molar-refractivity contribution in [3.8, 4) is 5.75 Å². The lowest BCUT2D eigenvalue weighted by Gasteiger charge is -2.37. The normalized spacial score (nSPS) is 17.1. The lowest BCUT2D eigenvalue weighted by Crippen LogP contribution is -2.44. The number of para-hydroxylation sites is 1. The summed E-state index contributed by atoms with van der Waals surface area (Å²) in [5.41, 5.74) is -1.88. The Labute approximate surface area is 329 Å². The van der Waals surface area contributed by atoms with Crippen LogP contribution in [0.1, 0.15) is 145 Å². The predicted octanol–water partition coefficient (Wildman–Crippen LogP) is 8.24. The van der Waals surface area contributed by atoms with Crippen molar-refractivity contribution >= 4 is 35.4 Å². The number of ketones is 2. The summed E-state index contributed by atoms with van der Waals surface area (Å²) in [4.78, 5) is 79.9. The van der Waals surface area contributed by atoms with E-state index in [4.69, 9.17) is 18.9 Å². The number of unbranched alkanes of at least 4 members (excludes halogenated alkanes) is 1. The van der Waals surface area contributed by atoms with Crippen molar-refractivity contribution in [2.24, 2.45) is 22.7 Å². The van der Waals surface area contributed by atoms with Crippen molar-refractivity contribution < 1.29 is 47.7 Å². The molecule has 0 radical (unpaired) electrons. The van der Waals surface area contributed by atoms with Gasteiger partial charge in [0.2, 0.25) is 5.91 Å². The number of amides is 1. The maximum atomic E-state index is 13.9. The lowest BCUT2D eigenvalue weighted by molar-refractivity contribution is -0.165. The van der Waals surface area contributed by atoms with Crippen LogP contribution < -0.4 is 4.74 Å². The van der Waals surface area contributed by atoms with E-state index in [0.29, 0.717) is 56.9 Å². The molecule has 0 saturated carbocycles. The Morgan fingerprint density at radius 1 is 0.818 bits per heavy atom. The fourth-order valence-corrected chi connectivity index (χ4v) is 7.03. The molecule has 1 amide bonds. The number of ether oxygens (including phenoxy) is 4. The predicted molar refractivity (Wildman–Crippen MR) is 211 cm³/mol. The van der Waals surface area contributed by atoms with Crippen molar-refractivity contribution in [1.82, 2.24) is 4.90 Å². The van der Waals surface area contributed by atoms with Gasteiger partial charge in [0.15, 0.2) is 0 Å². The SMILES string of the molecule is CCCCC(CC)COC(=O)C(C)(CC)CCC(C)(CC(C)N1CCCCCC1=O)C(=O)OCCOC(=O)C(CCC(=O)CCOc1ccccc1)C(C)=O. The fraction of sp³-hybridized carbons (Fsp3) is 0.727. The first kappa shape index (κ1) is 47.4. The number of Topliss-reactive ketones (excluding diaryl/α,β-unsaturated/α-hetero) is 2. The third kappa shape index (κ3) is 16.5. The van der Waals surface area contributed by atoms with E-state index < -0.39 is 34.5 Å². The van der Waals surface area contributed by atoms with Crippen molar-refractivity contribution in [1.29, 1.82) is 0 Å². The van der Waals surface area contributed by atoms with Crippen LogP contribution in [0.15, 0.2) is 30.3 Å². The summed E-state index contributed by atoms with van der Waals surface area (Å²) in [7, 11) is 0. The molecule has 0 bridgehead atoms. The Morgan fingerprint density at radius 2 is 1.49 bits per heavy atom. The van der Waals surface area contributed by atoms with Crippen LogP contribution in [-0.4, -0.2) is 79.3 Å². The van der Waals surface area contributed by atoms with E-state index in [-0.39, 0.29) is 62.8 Å². The van der Waals surface area contributed by atoms with Crippen LogP contribution in [0.5, 0.6) is 5.75 Å². The first-order valence-corrected chi connectivity index (χ1v) is 20.7. The van der Waals surface area contributed by atoms with Crippen LogP contribution in [0.25, 0.3) is 0 Å². The molecule has 310 valence electrons. The van der Waals surface area contributed by atoms with Gasteiger partial charge in [-0.3, -0.25) is 28.8 Å². The molecular formula is C44H69NO10. The van der Waals surface area contributed by atoms with E-state index >= 15 is 0 Å². The van der Waals surface area contributed by atoms with Crippen LogP contribution in [0.2, 0.25) is 0 Å². The quantitative estimate of drug-likeness (QED) is 0.0371. The van der Waals surface area contributed by atoms with E-state index in [1.165, 1.54) is 6.92 Å². The zero-order chi connectivity index (χ0) is 40.9. The lowest BCUT2D eigenvalue weighted by atomic mass is 9.73. The second-order valence-electron chi connectivity index (χ2n) is 15.9. The van der Waals surface area contributed by atoms with Crippen molar-refractivity contribution in [2.45, 2.75) is 151 Å². The molecule has 1 aromatic rings. The van der Waals surface area contributed by atoms with Gasteiger partial charge in [-0.25, -0.2) is 0 Å². The molecule has 0 aromatic heterocycles. The summed E-state index contributed by atoms with van der Waals surface area (Å²) in [5.74, 6) is -2.18.